The van der Waals surface area contributed by atoms with Crippen molar-refractivity contribution >= 4 is 35.0 Å². The minimum atomic E-state index is 0.370. The van der Waals surface area contributed by atoms with E-state index in [4.69, 9.17) is 28.9 Å². The number of nitrogens with two attached hydrogens (primary N) is 1. The third-order valence-corrected chi connectivity index (χ3v) is 4.43. The van der Waals surface area contributed by atoms with Crippen LogP contribution in [0.1, 0.15) is 24.0 Å². The van der Waals surface area contributed by atoms with Crippen molar-refractivity contribution < 1.29 is 0 Å². The topological polar surface area (TPSA) is 69.6 Å². The lowest BCUT2D eigenvalue weighted by Gasteiger charge is -2.08. The predicted molar refractivity (Wildman–Crippen MR) is 82.1 cm³/mol. The predicted octanol–water partition coefficient (Wildman–Crippen LogP) is 3.06. The van der Waals surface area contributed by atoms with E-state index in [1.807, 2.05) is 18.4 Å². The van der Waals surface area contributed by atoms with Gasteiger partial charge in [0, 0.05) is 28.6 Å². The molecule has 8 heteroatoms. The number of aromatic nitrogens is 4. The lowest BCUT2D eigenvalue weighted by molar-refractivity contribution is 0.643. The summed E-state index contributed by atoms with van der Waals surface area (Å²) in [6.45, 7) is 5.03. The summed E-state index contributed by atoms with van der Waals surface area (Å²) in [4.78, 5) is 4.22. The fourth-order valence-electron chi connectivity index (χ4n) is 1.78. The van der Waals surface area contributed by atoms with E-state index in [2.05, 4.69) is 15.2 Å². The number of hydrogen-bond donors (Lipinski definition) is 1. The van der Waals surface area contributed by atoms with Gasteiger partial charge in [-0.1, -0.05) is 35.0 Å². The summed E-state index contributed by atoms with van der Waals surface area (Å²) in [5, 5.41) is 10.1. The Bertz CT molecular complexity index is 591. The molecular weight excluding hydrogens is 317 g/mol. The third kappa shape index (κ3) is 3.25. The van der Waals surface area contributed by atoms with Crippen molar-refractivity contribution in [2.24, 2.45) is 5.73 Å². The fraction of sp³-hybridized carbons (Fsp3) is 0.417. The standard InChI is InChI=1S/C12H15Cl2N5S/c1-3-19-10(5-15)17-18-12(19)20-6-8-9(13)4-7(2)16-11(8)14/h4H,3,5-6,15H2,1-2H3. The zero-order valence-corrected chi connectivity index (χ0v) is 13.6. The monoisotopic (exact) mass is 331 g/mol. The Labute approximate surface area is 131 Å². The molecule has 0 fully saturated rings. The van der Waals surface area contributed by atoms with Crippen LogP contribution in [0.15, 0.2) is 11.2 Å². The summed E-state index contributed by atoms with van der Waals surface area (Å²) in [5.41, 5.74) is 7.24. The number of aryl methyl sites for hydroxylation is 1. The minimum absolute atomic E-state index is 0.370. The Morgan fingerprint density at radius 3 is 2.70 bits per heavy atom. The summed E-state index contributed by atoms with van der Waals surface area (Å²) in [7, 11) is 0. The van der Waals surface area contributed by atoms with Gasteiger partial charge in [-0.05, 0) is 19.9 Å². The van der Waals surface area contributed by atoms with Crippen LogP contribution < -0.4 is 5.73 Å². The second-order valence-corrected chi connectivity index (χ2v) is 5.86. The van der Waals surface area contributed by atoms with Gasteiger partial charge in [0.1, 0.15) is 11.0 Å². The number of rotatable bonds is 5. The van der Waals surface area contributed by atoms with Crippen molar-refractivity contribution in [3.05, 3.63) is 33.3 Å². The first-order valence-corrected chi connectivity index (χ1v) is 7.87. The Kier molecular flexibility index (Phi) is 5.26. The van der Waals surface area contributed by atoms with Gasteiger partial charge in [0.25, 0.3) is 0 Å². The Morgan fingerprint density at radius 2 is 2.10 bits per heavy atom. The van der Waals surface area contributed by atoms with Gasteiger partial charge in [-0.2, -0.15) is 0 Å². The number of halogens is 2. The van der Waals surface area contributed by atoms with Gasteiger partial charge >= 0.3 is 0 Å². The van der Waals surface area contributed by atoms with E-state index in [9.17, 15) is 0 Å². The fourth-order valence-corrected chi connectivity index (χ4v) is 3.66. The van der Waals surface area contributed by atoms with Crippen LogP contribution in [0.5, 0.6) is 0 Å². The number of pyridine rings is 1. The van der Waals surface area contributed by atoms with Gasteiger partial charge in [0.2, 0.25) is 0 Å². The molecule has 0 saturated heterocycles. The number of nitrogens with zero attached hydrogens (tertiary/aromatic N) is 4. The third-order valence-electron chi connectivity index (χ3n) is 2.79. The van der Waals surface area contributed by atoms with Gasteiger partial charge in [0.15, 0.2) is 5.16 Å². The molecule has 2 aromatic heterocycles. The molecule has 5 nitrogen and oxygen atoms in total. The molecule has 2 aromatic rings. The molecule has 0 aliphatic rings. The maximum absolute atomic E-state index is 6.21. The Hall–Kier alpha value is -0.820. The summed E-state index contributed by atoms with van der Waals surface area (Å²) in [6, 6.07) is 1.80. The molecule has 2 rings (SSSR count). The molecule has 2 N–H and O–H groups in total. The van der Waals surface area contributed by atoms with Crippen LogP contribution in [0.3, 0.4) is 0 Å². The van der Waals surface area contributed by atoms with E-state index in [-0.39, 0.29) is 0 Å². The van der Waals surface area contributed by atoms with E-state index >= 15 is 0 Å². The summed E-state index contributed by atoms with van der Waals surface area (Å²) in [5.74, 6) is 1.36. The first kappa shape index (κ1) is 15.6. The Balaban J connectivity index is 2.19. The molecule has 0 atom stereocenters. The minimum Gasteiger partial charge on any atom is -0.324 e. The summed E-state index contributed by atoms with van der Waals surface area (Å²) >= 11 is 13.9. The first-order valence-electron chi connectivity index (χ1n) is 6.13. The van der Waals surface area contributed by atoms with E-state index in [0.29, 0.717) is 22.5 Å². The zero-order chi connectivity index (χ0) is 14.7. The van der Waals surface area contributed by atoms with Crippen LogP contribution >= 0.6 is 35.0 Å². The van der Waals surface area contributed by atoms with Gasteiger partial charge in [-0.3, -0.25) is 0 Å². The molecule has 0 spiro atoms. The largest absolute Gasteiger partial charge is 0.324 e. The molecule has 0 unspecified atom stereocenters. The molecule has 0 aromatic carbocycles. The summed E-state index contributed by atoms with van der Waals surface area (Å²) < 4.78 is 1.98. The zero-order valence-electron chi connectivity index (χ0n) is 11.2. The van der Waals surface area contributed by atoms with Crippen LogP contribution in [0.25, 0.3) is 0 Å². The van der Waals surface area contributed by atoms with Crippen molar-refractivity contribution in [3.63, 3.8) is 0 Å². The lowest BCUT2D eigenvalue weighted by Crippen LogP contribution is -2.08. The van der Waals surface area contributed by atoms with E-state index < -0.39 is 0 Å². The van der Waals surface area contributed by atoms with Crippen LogP contribution in [-0.4, -0.2) is 19.7 Å². The molecule has 0 aliphatic heterocycles. The van der Waals surface area contributed by atoms with E-state index in [0.717, 1.165) is 28.8 Å². The highest BCUT2D eigenvalue weighted by Gasteiger charge is 2.13. The maximum atomic E-state index is 6.21. The number of thioether (sulfide) groups is 1. The average Bonchev–Trinajstić information content (AvgIpc) is 2.79. The van der Waals surface area contributed by atoms with Crippen LogP contribution in [0, 0.1) is 6.92 Å². The molecule has 0 saturated carbocycles. The van der Waals surface area contributed by atoms with Crippen LogP contribution in [0.2, 0.25) is 10.2 Å². The highest BCUT2D eigenvalue weighted by molar-refractivity contribution is 7.98. The van der Waals surface area contributed by atoms with Crippen molar-refractivity contribution in [2.75, 3.05) is 0 Å². The summed E-state index contributed by atoms with van der Waals surface area (Å²) in [6.07, 6.45) is 0. The molecule has 0 bridgehead atoms. The molecule has 2 heterocycles. The molecular formula is C12H15Cl2N5S. The second kappa shape index (κ2) is 6.76. The quantitative estimate of drug-likeness (QED) is 0.673. The average molecular weight is 332 g/mol. The maximum Gasteiger partial charge on any atom is 0.191 e. The smallest absolute Gasteiger partial charge is 0.191 e. The molecule has 0 amide bonds. The highest BCUT2D eigenvalue weighted by Crippen LogP contribution is 2.30. The van der Waals surface area contributed by atoms with E-state index in [1.165, 1.54) is 11.8 Å². The van der Waals surface area contributed by atoms with Gasteiger partial charge < -0.3 is 10.3 Å². The molecule has 0 radical (unpaired) electrons. The lowest BCUT2D eigenvalue weighted by atomic mass is 10.3. The van der Waals surface area contributed by atoms with Gasteiger partial charge in [0.05, 0.1) is 6.54 Å². The number of hydrogen-bond acceptors (Lipinski definition) is 5. The van der Waals surface area contributed by atoms with Crippen molar-refractivity contribution in [2.45, 2.75) is 37.8 Å². The van der Waals surface area contributed by atoms with E-state index in [1.54, 1.807) is 6.07 Å². The normalized spacial score (nSPS) is 11.1. The van der Waals surface area contributed by atoms with Gasteiger partial charge in [-0.15, -0.1) is 10.2 Å². The van der Waals surface area contributed by atoms with Crippen molar-refractivity contribution in [3.8, 4) is 0 Å². The first-order chi connectivity index (χ1) is 9.56. The molecule has 20 heavy (non-hydrogen) atoms. The van der Waals surface area contributed by atoms with Crippen LogP contribution in [-0.2, 0) is 18.8 Å². The molecule has 0 aliphatic carbocycles. The molecule has 108 valence electrons. The SMILES string of the molecule is CCn1c(CN)nnc1SCc1c(Cl)cc(C)nc1Cl. The Morgan fingerprint density at radius 1 is 1.35 bits per heavy atom. The van der Waals surface area contributed by atoms with Gasteiger partial charge in [-0.25, -0.2) is 4.98 Å². The van der Waals surface area contributed by atoms with Crippen molar-refractivity contribution in [1.82, 2.24) is 19.7 Å². The van der Waals surface area contributed by atoms with Crippen molar-refractivity contribution in [1.29, 1.82) is 0 Å². The highest BCUT2D eigenvalue weighted by atomic mass is 35.5. The second-order valence-electron chi connectivity index (χ2n) is 4.15. The van der Waals surface area contributed by atoms with Crippen LogP contribution in [0.4, 0.5) is 0 Å².